The summed E-state index contributed by atoms with van der Waals surface area (Å²) in [5, 5.41) is 19.9. The van der Waals surface area contributed by atoms with E-state index < -0.39 is 23.4 Å². The average molecular weight is 476 g/mol. The lowest BCUT2D eigenvalue weighted by molar-refractivity contribution is 0.0693. The van der Waals surface area contributed by atoms with Crippen molar-refractivity contribution in [2.24, 2.45) is 0 Å². The summed E-state index contributed by atoms with van der Waals surface area (Å²) in [5.74, 6) is -2.81. The SMILES string of the molecule is O=C(O)c1cc(N(Cc2ccc(-c3ccc(Cl)cc3)cc2)C(=O)c2cccc(F)c2)ccc1O. The molecule has 34 heavy (non-hydrogen) atoms. The van der Waals surface area contributed by atoms with Crippen LogP contribution in [-0.4, -0.2) is 22.1 Å². The molecule has 0 bridgehead atoms. The normalized spacial score (nSPS) is 10.6. The van der Waals surface area contributed by atoms with E-state index >= 15 is 0 Å². The first-order valence-electron chi connectivity index (χ1n) is 10.3. The Morgan fingerprint density at radius 3 is 2.12 bits per heavy atom. The van der Waals surface area contributed by atoms with Crippen LogP contribution in [0, 0.1) is 5.82 Å². The van der Waals surface area contributed by atoms with Crippen LogP contribution >= 0.6 is 11.6 Å². The summed E-state index contributed by atoms with van der Waals surface area (Å²) in [5.41, 5.74) is 2.74. The Balaban J connectivity index is 1.70. The molecule has 5 nitrogen and oxygen atoms in total. The van der Waals surface area contributed by atoms with Crippen molar-refractivity contribution >= 4 is 29.2 Å². The lowest BCUT2D eigenvalue weighted by atomic mass is 10.0. The van der Waals surface area contributed by atoms with E-state index in [0.717, 1.165) is 22.8 Å². The Hall–Kier alpha value is -4.16. The van der Waals surface area contributed by atoms with Gasteiger partial charge in [0.1, 0.15) is 17.1 Å². The summed E-state index contributed by atoms with van der Waals surface area (Å²) in [6.45, 7) is 0.0973. The summed E-state index contributed by atoms with van der Waals surface area (Å²) < 4.78 is 13.8. The highest BCUT2D eigenvalue weighted by atomic mass is 35.5. The van der Waals surface area contributed by atoms with E-state index in [4.69, 9.17) is 11.6 Å². The first-order valence-corrected chi connectivity index (χ1v) is 10.7. The molecule has 0 fully saturated rings. The second kappa shape index (κ2) is 9.77. The smallest absolute Gasteiger partial charge is 0.339 e. The number of carboxylic acids is 1. The fourth-order valence-electron chi connectivity index (χ4n) is 3.55. The number of aromatic hydroxyl groups is 1. The number of benzene rings is 4. The third-order valence-corrected chi connectivity index (χ3v) is 5.56. The van der Waals surface area contributed by atoms with Crippen molar-refractivity contribution in [1.82, 2.24) is 0 Å². The molecule has 4 aromatic rings. The summed E-state index contributed by atoms with van der Waals surface area (Å²) in [4.78, 5) is 26.2. The molecule has 0 spiro atoms. The molecule has 0 radical (unpaired) electrons. The number of amides is 1. The standard InChI is InChI=1S/C27H19ClFNO4/c28-21-10-8-19(9-11-21)18-6-4-17(5-7-18)16-30(26(32)20-2-1-3-22(29)14-20)23-12-13-25(31)24(15-23)27(33)34/h1-15,31H,16H2,(H,33,34). The molecule has 0 atom stereocenters. The minimum absolute atomic E-state index is 0.0973. The molecule has 0 aliphatic rings. The fraction of sp³-hybridized carbons (Fsp3) is 0.0370. The maximum absolute atomic E-state index is 13.8. The quantitative estimate of drug-likeness (QED) is 0.338. The number of halogens is 2. The number of anilines is 1. The third kappa shape index (κ3) is 5.08. The summed E-state index contributed by atoms with van der Waals surface area (Å²) in [6, 6.07) is 24.1. The zero-order chi connectivity index (χ0) is 24.2. The van der Waals surface area contributed by atoms with Crippen molar-refractivity contribution in [2.45, 2.75) is 6.54 Å². The molecular formula is C27H19ClFNO4. The van der Waals surface area contributed by atoms with Gasteiger partial charge in [-0.1, -0.05) is 54.1 Å². The molecule has 0 aliphatic heterocycles. The molecule has 0 aliphatic carbocycles. The molecule has 0 unspecified atom stereocenters. The van der Waals surface area contributed by atoms with Gasteiger partial charge in [-0.3, -0.25) is 4.79 Å². The number of nitrogens with zero attached hydrogens (tertiary/aromatic N) is 1. The molecule has 2 N–H and O–H groups in total. The van der Waals surface area contributed by atoms with Crippen LogP contribution in [0.2, 0.25) is 5.02 Å². The molecule has 0 aromatic heterocycles. The van der Waals surface area contributed by atoms with Crippen molar-refractivity contribution in [3.8, 4) is 16.9 Å². The van der Waals surface area contributed by atoms with E-state index in [1.807, 2.05) is 36.4 Å². The van der Waals surface area contributed by atoms with Crippen LogP contribution in [-0.2, 0) is 6.54 Å². The number of carbonyl (C=O) groups is 2. The molecule has 0 saturated heterocycles. The number of aromatic carboxylic acids is 1. The Labute approximate surface area is 200 Å². The van der Waals surface area contributed by atoms with Crippen LogP contribution in [0.3, 0.4) is 0 Å². The van der Waals surface area contributed by atoms with Crippen LogP contribution < -0.4 is 4.90 Å². The predicted molar refractivity (Wildman–Crippen MR) is 129 cm³/mol. The Morgan fingerprint density at radius 1 is 0.853 bits per heavy atom. The zero-order valence-electron chi connectivity index (χ0n) is 17.8. The topological polar surface area (TPSA) is 77.8 Å². The van der Waals surface area contributed by atoms with E-state index in [1.165, 1.54) is 41.3 Å². The van der Waals surface area contributed by atoms with Gasteiger partial charge < -0.3 is 15.1 Å². The van der Waals surface area contributed by atoms with Gasteiger partial charge in [0.25, 0.3) is 5.91 Å². The van der Waals surface area contributed by atoms with E-state index in [0.29, 0.717) is 5.02 Å². The van der Waals surface area contributed by atoms with Gasteiger partial charge in [-0.25, -0.2) is 9.18 Å². The van der Waals surface area contributed by atoms with Crippen molar-refractivity contribution in [3.05, 3.63) is 119 Å². The zero-order valence-corrected chi connectivity index (χ0v) is 18.5. The van der Waals surface area contributed by atoms with E-state index in [1.54, 1.807) is 12.1 Å². The number of phenols is 1. The molecule has 4 aromatic carbocycles. The van der Waals surface area contributed by atoms with Gasteiger partial charge >= 0.3 is 5.97 Å². The first kappa shape index (κ1) is 23.0. The van der Waals surface area contributed by atoms with Gasteiger partial charge in [-0.15, -0.1) is 0 Å². The Kier molecular flexibility index (Phi) is 6.61. The van der Waals surface area contributed by atoms with Crippen molar-refractivity contribution < 1.29 is 24.2 Å². The molecular weight excluding hydrogens is 457 g/mol. The maximum Gasteiger partial charge on any atom is 0.339 e. The van der Waals surface area contributed by atoms with Crippen LogP contribution in [0.1, 0.15) is 26.3 Å². The van der Waals surface area contributed by atoms with E-state index in [2.05, 4.69) is 0 Å². The van der Waals surface area contributed by atoms with Crippen molar-refractivity contribution in [2.75, 3.05) is 4.90 Å². The lowest BCUT2D eigenvalue weighted by Crippen LogP contribution is -2.30. The van der Waals surface area contributed by atoms with Gasteiger partial charge in [0.15, 0.2) is 0 Å². The number of hydrogen-bond acceptors (Lipinski definition) is 3. The van der Waals surface area contributed by atoms with Gasteiger partial charge in [0.2, 0.25) is 0 Å². The summed E-state index contributed by atoms with van der Waals surface area (Å²) in [7, 11) is 0. The molecule has 7 heteroatoms. The van der Waals surface area contributed by atoms with Crippen LogP contribution in [0.5, 0.6) is 5.75 Å². The molecule has 1 amide bonds. The van der Waals surface area contributed by atoms with Crippen molar-refractivity contribution in [1.29, 1.82) is 0 Å². The second-order valence-corrected chi connectivity index (χ2v) is 8.05. The lowest BCUT2D eigenvalue weighted by Gasteiger charge is -2.24. The molecule has 170 valence electrons. The largest absolute Gasteiger partial charge is 0.507 e. The van der Waals surface area contributed by atoms with Gasteiger partial charge in [-0.05, 0) is 65.2 Å². The van der Waals surface area contributed by atoms with Crippen LogP contribution in [0.4, 0.5) is 10.1 Å². The predicted octanol–water partition coefficient (Wildman–Crippen LogP) is 6.40. The van der Waals surface area contributed by atoms with Crippen LogP contribution in [0.25, 0.3) is 11.1 Å². The molecule has 0 saturated carbocycles. The fourth-order valence-corrected chi connectivity index (χ4v) is 3.67. The highest BCUT2D eigenvalue weighted by Gasteiger charge is 2.21. The highest BCUT2D eigenvalue weighted by Crippen LogP contribution is 2.28. The summed E-state index contributed by atoms with van der Waals surface area (Å²) >= 11 is 5.96. The number of carbonyl (C=O) groups excluding carboxylic acids is 1. The van der Waals surface area contributed by atoms with Gasteiger partial charge in [-0.2, -0.15) is 0 Å². The second-order valence-electron chi connectivity index (χ2n) is 7.61. The monoisotopic (exact) mass is 475 g/mol. The third-order valence-electron chi connectivity index (χ3n) is 5.31. The first-order chi connectivity index (χ1) is 16.3. The number of rotatable bonds is 6. The van der Waals surface area contributed by atoms with Crippen molar-refractivity contribution in [3.63, 3.8) is 0 Å². The maximum atomic E-state index is 13.8. The Morgan fingerprint density at radius 2 is 1.50 bits per heavy atom. The van der Waals surface area contributed by atoms with E-state index in [9.17, 15) is 24.2 Å². The molecule has 4 rings (SSSR count). The van der Waals surface area contributed by atoms with E-state index in [-0.39, 0.29) is 23.4 Å². The Bertz CT molecular complexity index is 1350. The summed E-state index contributed by atoms with van der Waals surface area (Å²) in [6.07, 6.45) is 0. The number of hydrogen-bond donors (Lipinski definition) is 2. The minimum Gasteiger partial charge on any atom is -0.507 e. The van der Waals surface area contributed by atoms with Gasteiger partial charge in [0.05, 0.1) is 6.54 Å². The molecule has 0 heterocycles. The average Bonchev–Trinajstić information content (AvgIpc) is 2.83. The minimum atomic E-state index is -1.33. The number of carboxylic acid groups (broad SMARTS) is 1. The highest BCUT2D eigenvalue weighted by molar-refractivity contribution is 6.30. The van der Waals surface area contributed by atoms with Gasteiger partial charge in [0, 0.05) is 16.3 Å². The van der Waals surface area contributed by atoms with Crippen LogP contribution in [0.15, 0.2) is 91.0 Å².